The van der Waals surface area contributed by atoms with Gasteiger partial charge in [0.25, 0.3) is 0 Å². The number of likely N-dealkylation sites (N-methyl/N-ethyl adjacent to an activating group) is 1. The van der Waals surface area contributed by atoms with E-state index in [-0.39, 0.29) is 18.0 Å². The van der Waals surface area contributed by atoms with E-state index in [4.69, 9.17) is 4.42 Å². The third-order valence-corrected chi connectivity index (χ3v) is 2.33. The van der Waals surface area contributed by atoms with Crippen LogP contribution in [-0.2, 0) is 4.79 Å². The zero-order valence-corrected chi connectivity index (χ0v) is 9.63. The molecule has 0 aliphatic rings. The van der Waals surface area contributed by atoms with Gasteiger partial charge in [0.2, 0.25) is 5.91 Å². The summed E-state index contributed by atoms with van der Waals surface area (Å²) in [6, 6.07) is 3.64. The number of hydrogen-bond donors (Lipinski definition) is 2. The fourth-order valence-electron chi connectivity index (χ4n) is 1.44. The zero-order valence-electron chi connectivity index (χ0n) is 9.63. The average molecular weight is 210 g/mol. The Morgan fingerprint density at radius 2 is 2.07 bits per heavy atom. The minimum atomic E-state index is -0.226. The number of carbonyl (C=O) groups is 1. The maximum atomic E-state index is 11.3. The molecule has 1 aromatic rings. The first kappa shape index (κ1) is 11.8. The Labute approximate surface area is 90.0 Å². The van der Waals surface area contributed by atoms with Crippen molar-refractivity contribution in [2.45, 2.75) is 32.9 Å². The van der Waals surface area contributed by atoms with E-state index in [9.17, 15) is 4.79 Å². The molecule has 2 unspecified atom stereocenters. The Kier molecular flexibility index (Phi) is 3.91. The van der Waals surface area contributed by atoms with Gasteiger partial charge in [-0.1, -0.05) is 0 Å². The number of carbonyl (C=O) groups excluding carboxylic acids is 1. The van der Waals surface area contributed by atoms with Gasteiger partial charge in [-0.2, -0.15) is 0 Å². The summed E-state index contributed by atoms with van der Waals surface area (Å²) in [5, 5.41) is 5.75. The summed E-state index contributed by atoms with van der Waals surface area (Å²) < 4.78 is 5.47. The van der Waals surface area contributed by atoms with Gasteiger partial charge in [0.1, 0.15) is 11.5 Å². The van der Waals surface area contributed by atoms with E-state index in [0.717, 1.165) is 11.5 Å². The van der Waals surface area contributed by atoms with Crippen molar-refractivity contribution in [2.75, 3.05) is 7.05 Å². The summed E-state index contributed by atoms with van der Waals surface area (Å²) >= 11 is 0. The normalized spacial score (nSPS) is 14.7. The van der Waals surface area contributed by atoms with E-state index in [1.54, 1.807) is 7.05 Å². The predicted octanol–water partition coefficient (Wildman–Crippen LogP) is 1.37. The molecule has 1 heterocycles. The molecule has 2 N–H and O–H groups in total. The van der Waals surface area contributed by atoms with Crippen LogP contribution in [0.2, 0.25) is 0 Å². The smallest absolute Gasteiger partial charge is 0.236 e. The van der Waals surface area contributed by atoms with Crippen LogP contribution in [0.5, 0.6) is 0 Å². The Balaban J connectivity index is 2.55. The molecular formula is C11H18N2O2. The standard InChI is InChI=1S/C11H18N2O2/c1-7-5-6-10(15-7)8(2)13-9(3)11(14)12-4/h5-6,8-9,13H,1-4H3,(H,12,14). The molecule has 1 amide bonds. The molecule has 2 atom stereocenters. The Morgan fingerprint density at radius 1 is 1.40 bits per heavy atom. The molecule has 4 nitrogen and oxygen atoms in total. The van der Waals surface area contributed by atoms with Gasteiger partial charge >= 0.3 is 0 Å². The van der Waals surface area contributed by atoms with Crippen molar-refractivity contribution >= 4 is 5.91 Å². The van der Waals surface area contributed by atoms with Gasteiger partial charge in [0.05, 0.1) is 12.1 Å². The molecule has 0 saturated carbocycles. The molecule has 4 heteroatoms. The lowest BCUT2D eigenvalue weighted by Crippen LogP contribution is -2.41. The van der Waals surface area contributed by atoms with Crippen molar-refractivity contribution in [3.8, 4) is 0 Å². The van der Waals surface area contributed by atoms with Crippen LogP contribution in [0.1, 0.15) is 31.4 Å². The maximum Gasteiger partial charge on any atom is 0.236 e. The quantitative estimate of drug-likeness (QED) is 0.789. The molecule has 0 radical (unpaired) electrons. The Bertz CT molecular complexity index is 333. The van der Waals surface area contributed by atoms with Crippen LogP contribution in [0.3, 0.4) is 0 Å². The number of furan rings is 1. The minimum Gasteiger partial charge on any atom is -0.465 e. The van der Waals surface area contributed by atoms with Crippen LogP contribution in [0, 0.1) is 6.92 Å². The second-order valence-corrected chi connectivity index (χ2v) is 3.67. The summed E-state index contributed by atoms with van der Waals surface area (Å²) in [5.74, 6) is 1.71. The van der Waals surface area contributed by atoms with Crippen molar-refractivity contribution < 1.29 is 9.21 Å². The number of hydrogen-bond acceptors (Lipinski definition) is 3. The molecule has 0 aromatic carbocycles. The van der Waals surface area contributed by atoms with Crippen molar-refractivity contribution in [2.24, 2.45) is 0 Å². The molecule has 0 saturated heterocycles. The summed E-state index contributed by atoms with van der Waals surface area (Å²) in [5.41, 5.74) is 0. The monoisotopic (exact) mass is 210 g/mol. The highest BCUT2D eigenvalue weighted by Crippen LogP contribution is 2.15. The molecule has 84 valence electrons. The largest absolute Gasteiger partial charge is 0.465 e. The molecule has 1 rings (SSSR count). The van der Waals surface area contributed by atoms with Gasteiger partial charge in [0.15, 0.2) is 0 Å². The lowest BCUT2D eigenvalue weighted by atomic mass is 10.2. The molecule has 0 aliphatic heterocycles. The van der Waals surface area contributed by atoms with Crippen molar-refractivity contribution in [3.63, 3.8) is 0 Å². The molecule has 0 fully saturated rings. The third-order valence-electron chi connectivity index (χ3n) is 2.33. The Morgan fingerprint density at radius 3 is 2.53 bits per heavy atom. The SMILES string of the molecule is CNC(=O)C(C)NC(C)c1ccc(C)o1. The van der Waals surface area contributed by atoms with Gasteiger partial charge in [-0.25, -0.2) is 0 Å². The summed E-state index contributed by atoms with van der Waals surface area (Å²) in [7, 11) is 1.63. The second-order valence-electron chi connectivity index (χ2n) is 3.67. The Hall–Kier alpha value is -1.29. The van der Waals surface area contributed by atoms with Crippen LogP contribution in [0.25, 0.3) is 0 Å². The van der Waals surface area contributed by atoms with E-state index >= 15 is 0 Å². The third kappa shape index (κ3) is 3.09. The van der Waals surface area contributed by atoms with Crippen LogP contribution >= 0.6 is 0 Å². The minimum absolute atomic E-state index is 0.0230. The highest BCUT2D eigenvalue weighted by Gasteiger charge is 2.16. The van der Waals surface area contributed by atoms with E-state index in [1.165, 1.54) is 0 Å². The molecule has 0 spiro atoms. The van der Waals surface area contributed by atoms with Crippen molar-refractivity contribution in [1.82, 2.24) is 10.6 Å². The van der Waals surface area contributed by atoms with E-state index in [0.29, 0.717) is 0 Å². The van der Waals surface area contributed by atoms with E-state index < -0.39 is 0 Å². The molecule has 0 aliphatic carbocycles. The number of aryl methyl sites for hydroxylation is 1. The van der Waals surface area contributed by atoms with Gasteiger partial charge in [-0.15, -0.1) is 0 Å². The van der Waals surface area contributed by atoms with Crippen LogP contribution in [0.4, 0.5) is 0 Å². The topological polar surface area (TPSA) is 54.3 Å². The molecule has 0 bridgehead atoms. The van der Waals surface area contributed by atoms with Gasteiger partial charge in [-0.05, 0) is 32.9 Å². The lowest BCUT2D eigenvalue weighted by molar-refractivity contribution is -0.122. The lowest BCUT2D eigenvalue weighted by Gasteiger charge is -2.16. The first-order chi connectivity index (χ1) is 7.04. The highest BCUT2D eigenvalue weighted by atomic mass is 16.3. The zero-order chi connectivity index (χ0) is 11.4. The van der Waals surface area contributed by atoms with Crippen molar-refractivity contribution in [3.05, 3.63) is 23.7 Å². The maximum absolute atomic E-state index is 11.3. The number of rotatable bonds is 4. The van der Waals surface area contributed by atoms with E-state index in [1.807, 2.05) is 32.9 Å². The first-order valence-corrected chi connectivity index (χ1v) is 5.08. The van der Waals surface area contributed by atoms with Crippen LogP contribution < -0.4 is 10.6 Å². The molecular weight excluding hydrogens is 192 g/mol. The highest BCUT2D eigenvalue weighted by molar-refractivity contribution is 5.80. The average Bonchev–Trinajstić information content (AvgIpc) is 2.63. The number of amides is 1. The predicted molar refractivity (Wildman–Crippen MR) is 58.5 cm³/mol. The van der Waals surface area contributed by atoms with Crippen LogP contribution in [-0.4, -0.2) is 19.0 Å². The fraction of sp³-hybridized carbons (Fsp3) is 0.545. The van der Waals surface area contributed by atoms with E-state index in [2.05, 4.69) is 10.6 Å². The summed E-state index contributed by atoms with van der Waals surface area (Å²) in [6.07, 6.45) is 0. The summed E-state index contributed by atoms with van der Waals surface area (Å²) in [4.78, 5) is 11.3. The van der Waals surface area contributed by atoms with Gasteiger partial charge in [-0.3, -0.25) is 10.1 Å². The van der Waals surface area contributed by atoms with Crippen molar-refractivity contribution in [1.29, 1.82) is 0 Å². The molecule has 15 heavy (non-hydrogen) atoms. The molecule has 1 aromatic heterocycles. The van der Waals surface area contributed by atoms with Crippen LogP contribution in [0.15, 0.2) is 16.5 Å². The first-order valence-electron chi connectivity index (χ1n) is 5.08. The number of nitrogens with one attached hydrogen (secondary N) is 2. The fourth-order valence-corrected chi connectivity index (χ4v) is 1.44. The summed E-state index contributed by atoms with van der Waals surface area (Å²) in [6.45, 7) is 5.70. The van der Waals surface area contributed by atoms with Gasteiger partial charge in [0, 0.05) is 7.05 Å². The van der Waals surface area contributed by atoms with Gasteiger partial charge < -0.3 is 9.73 Å². The second kappa shape index (κ2) is 4.98.